The van der Waals surface area contributed by atoms with E-state index in [0.29, 0.717) is 12.6 Å². The minimum atomic E-state index is 0.0537. The number of amides is 1. The highest BCUT2D eigenvalue weighted by Gasteiger charge is 2.18. The highest BCUT2D eigenvalue weighted by Crippen LogP contribution is 2.16. The van der Waals surface area contributed by atoms with Crippen molar-refractivity contribution < 1.29 is 9.53 Å². The van der Waals surface area contributed by atoms with E-state index >= 15 is 0 Å². The van der Waals surface area contributed by atoms with Gasteiger partial charge in [0.2, 0.25) is 5.91 Å². The molecule has 2 N–H and O–H groups in total. The quantitative estimate of drug-likeness (QED) is 0.670. The highest BCUT2D eigenvalue weighted by molar-refractivity contribution is 5.78. The number of nitrogens with one attached hydrogen (secondary N) is 2. The molecule has 1 rings (SSSR count). The van der Waals surface area contributed by atoms with Crippen LogP contribution in [0.1, 0.15) is 26.2 Å². The normalized spacial score (nSPS) is 23.4. The van der Waals surface area contributed by atoms with Gasteiger partial charge < -0.3 is 15.4 Å². The Kier molecular flexibility index (Phi) is 4.90. The zero-order valence-electron chi connectivity index (χ0n) is 9.01. The molecule has 4 nitrogen and oxygen atoms in total. The Morgan fingerprint density at radius 3 is 3.00 bits per heavy atom. The molecule has 1 saturated heterocycles. The molecule has 0 bridgehead atoms. The largest absolute Gasteiger partial charge is 0.378 e. The number of ether oxygens (including phenoxy) is 1. The summed E-state index contributed by atoms with van der Waals surface area (Å²) in [6, 6.07) is 0.207. The Morgan fingerprint density at radius 2 is 2.43 bits per heavy atom. The first-order valence-corrected chi connectivity index (χ1v) is 5.28. The van der Waals surface area contributed by atoms with Gasteiger partial charge in [0.05, 0.1) is 12.6 Å². The lowest BCUT2D eigenvalue weighted by Crippen LogP contribution is -2.39. The van der Waals surface area contributed by atoms with Crippen molar-refractivity contribution in [3.8, 4) is 0 Å². The molecule has 2 unspecified atom stereocenters. The average Bonchev–Trinajstić information content (AvgIpc) is 2.56. The molecule has 0 aromatic rings. The molecular formula is C10H20N2O2. The van der Waals surface area contributed by atoms with Gasteiger partial charge in [-0.25, -0.2) is 0 Å². The molecular weight excluding hydrogens is 180 g/mol. The summed E-state index contributed by atoms with van der Waals surface area (Å²) in [7, 11) is 1.77. The van der Waals surface area contributed by atoms with E-state index in [1.807, 2.05) is 6.92 Å². The maximum atomic E-state index is 11.2. The molecule has 4 heteroatoms. The third-order valence-corrected chi connectivity index (χ3v) is 2.39. The summed E-state index contributed by atoms with van der Waals surface area (Å²) in [6.07, 6.45) is 3.56. The number of hydrogen-bond acceptors (Lipinski definition) is 3. The predicted molar refractivity (Wildman–Crippen MR) is 55.1 cm³/mol. The van der Waals surface area contributed by atoms with Crippen molar-refractivity contribution in [1.29, 1.82) is 0 Å². The van der Waals surface area contributed by atoms with Crippen molar-refractivity contribution in [1.82, 2.24) is 10.6 Å². The number of carbonyl (C=O) groups excluding carboxylic acids is 1. The van der Waals surface area contributed by atoms with Crippen molar-refractivity contribution in [3.63, 3.8) is 0 Å². The number of rotatable bonds is 5. The summed E-state index contributed by atoms with van der Waals surface area (Å²) in [6.45, 7) is 3.28. The van der Waals surface area contributed by atoms with Crippen molar-refractivity contribution in [2.45, 2.75) is 38.3 Å². The molecule has 0 radical (unpaired) electrons. The van der Waals surface area contributed by atoms with E-state index in [1.54, 1.807) is 7.05 Å². The van der Waals surface area contributed by atoms with Crippen molar-refractivity contribution in [3.05, 3.63) is 0 Å². The van der Waals surface area contributed by atoms with Gasteiger partial charge >= 0.3 is 0 Å². The SMILES string of the molecule is CNCC(=O)NC(C)CC1CCCO1. The first-order chi connectivity index (χ1) is 6.72. The van der Waals surface area contributed by atoms with E-state index in [2.05, 4.69) is 10.6 Å². The standard InChI is InChI=1S/C10H20N2O2/c1-8(12-10(13)7-11-2)6-9-4-3-5-14-9/h8-9,11H,3-7H2,1-2H3,(H,12,13). The van der Waals surface area contributed by atoms with Gasteiger partial charge in [0, 0.05) is 12.6 Å². The molecule has 0 aliphatic carbocycles. The molecule has 1 fully saturated rings. The Balaban J connectivity index is 2.14. The maximum Gasteiger partial charge on any atom is 0.234 e. The summed E-state index contributed by atoms with van der Waals surface area (Å²) >= 11 is 0. The fraction of sp³-hybridized carbons (Fsp3) is 0.900. The Labute approximate surface area is 85.4 Å². The first-order valence-electron chi connectivity index (χ1n) is 5.28. The van der Waals surface area contributed by atoms with E-state index in [4.69, 9.17) is 4.74 Å². The summed E-state index contributed by atoms with van der Waals surface area (Å²) in [4.78, 5) is 11.2. The van der Waals surface area contributed by atoms with Crippen LogP contribution in [0.2, 0.25) is 0 Å². The second-order valence-corrected chi connectivity index (χ2v) is 3.87. The van der Waals surface area contributed by atoms with Gasteiger partial charge in [-0.3, -0.25) is 4.79 Å². The van der Waals surface area contributed by atoms with Gasteiger partial charge in [-0.1, -0.05) is 0 Å². The van der Waals surface area contributed by atoms with Crippen LogP contribution in [0, 0.1) is 0 Å². The highest BCUT2D eigenvalue weighted by atomic mass is 16.5. The lowest BCUT2D eigenvalue weighted by Gasteiger charge is -2.17. The van der Waals surface area contributed by atoms with Gasteiger partial charge in [0.1, 0.15) is 0 Å². The number of carbonyl (C=O) groups is 1. The zero-order valence-corrected chi connectivity index (χ0v) is 9.01. The van der Waals surface area contributed by atoms with Crippen LogP contribution >= 0.6 is 0 Å². The molecule has 1 amide bonds. The van der Waals surface area contributed by atoms with E-state index in [9.17, 15) is 4.79 Å². The Hall–Kier alpha value is -0.610. The topological polar surface area (TPSA) is 50.4 Å². The van der Waals surface area contributed by atoms with Crippen molar-refractivity contribution >= 4 is 5.91 Å². The van der Waals surface area contributed by atoms with Crippen molar-refractivity contribution in [2.75, 3.05) is 20.2 Å². The van der Waals surface area contributed by atoms with Gasteiger partial charge in [-0.15, -0.1) is 0 Å². The maximum absolute atomic E-state index is 11.2. The second kappa shape index (κ2) is 5.98. The van der Waals surface area contributed by atoms with Crippen LogP contribution in [0.3, 0.4) is 0 Å². The molecule has 1 heterocycles. The summed E-state index contributed by atoms with van der Waals surface area (Å²) in [5, 5.41) is 5.75. The molecule has 1 aliphatic heterocycles. The second-order valence-electron chi connectivity index (χ2n) is 3.87. The van der Waals surface area contributed by atoms with Gasteiger partial charge in [-0.2, -0.15) is 0 Å². The lowest BCUT2D eigenvalue weighted by atomic mass is 10.1. The molecule has 14 heavy (non-hydrogen) atoms. The third kappa shape index (κ3) is 4.07. The van der Waals surface area contributed by atoms with Gasteiger partial charge in [0.15, 0.2) is 0 Å². The average molecular weight is 200 g/mol. The molecule has 1 aliphatic rings. The number of likely N-dealkylation sites (N-methyl/N-ethyl adjacent to an activating group) is 1. The van der Waals surface area contributed by atoms with Gasteiger partial charge in [0.25, 0.3) is 0 Å². The van der Waals surface area contributed by atoms with Crippen LogP contribution in [0.15, 0.2) is 0 Å². The first kappa shape index (κ1) is 11.5. The summed E-state index contributed by atoms with van der Waals surface area (Å²) in [5.74, 6) is 0.0537. The molecule has 2 atom stereocenters. The van der Waals surface area contributed by atoms with Crippen LogP contribution in [0.5, 0.6) is 0 Å². The Morgan fingerprint density at radius 1 is 1.64 bits per heavy atom. The minimum absolute atomic E-state index is 0.0537. The molecule has 0 spiro atoms. The van der Waals surface area contributed by atoms with Crippen LogP contribution in [-0.4, -0.2) is 38.3 Å². The predicted octanol–water partition coefficient (Wildman–Crippen LogP) is 0.280. The van der Waals surface area contributed by atoms with Crippen LogP contribution < -0.4 is 10.6 Å². The minimum Gasteiger partial charge on any atom is -0.378 e. The smallest absolute Gasteiger partial charge is 0.234 e. The van der Waals surface area contributed by atoms with Crippen LogP contribution in [0.25, 0.3) is 0 Å². The molecule has 0 saturated carbocycles. The van der Waals surface area contributed by atoms with Crippen LogP contribution in [-0.2, 0) is 9.53 Å². The monoisotopic (exact) mass is 200 g/mol. The van der Waals surface area contributed by atoms with E-state index in [1.165, 1.54) is 0 Å². The van der Waals surface area contributed by atoms with Crippen LogP contribution in [0.4, 0.5) is 0 Å². The molecule has 82 valence electrons. The fourth-order valence-corrected chi connectivity index (χ4v) is 1.77. The summed E-state index contributed by atoms with van der Waals surface area (Å²) < 4.78 is 5.50. The van der Waals surface area contributed by atoms with Gasteiger partial charge in [-0.05, 0) is 33.2 Å². The summed E-state index contributed by atoms with van der Waals surface area (Å²) in [5.41, 5.74) is 0. The zero-order chi connectivity index (χ0) is 10.4. The molecule has 0 aromatic carbocycles. The Bertz CT molecular complexity index is 179. The van der Waals surface area contributed by atoms with E-state index < -0.39 is 0 Å². The van der Waals surface area contributed by atoms with Crippen molar-refractivity contribution in [2.24, 2.45) is 0 Å². The van der Waals surface area contributed by atoms with E-state index in [-0.39, 0.29) is 11.9 Å². The number of hydrogen-bond donors (Lipinski definition) is 2. The fourth-order valence-electron chi connectivity index (χ4n) is 1.77. The lowest BCUT2D eigenvalue weighted by molar-refractivity contribution is -0.120. The van der Waals surface area contributed by atoms with E-state index in [0.717, 1.165) is 25.9 Å². The molecule has 0 aromatic heterocycles. The third-order valence-electron chi connectivity index (χ3n) is 2.39.